The quantitative estimate of drug-likeness (QED) is 0.754. The summed E-state index contributed by atoms with van der Waals surface area (Å²) in [6.07, 6.45) is 1.17. The van der Waals surface area contributed by atoms with Gasteiger partial charge in [0.2, 0.25) is 0 Å². The normalized spacial score (nSPS) is 10.3. The van der Waals surface area contributed by atoms with Gasteiger partial charge in [-0.1, -0.05) is 19.9 Å². The summed E-state index contributed by atoms with van der Waals surface area (Å²) in [6, 6.07) is 5.94. The first-order valence-corrected chi connectivity index (χ1v) is 5.11. The van der Waals surface area contributed by atoms with Gasteiger partial charge in [-0.25, -0.2) is 4.98 Å². The molecule has 0 unspecified atom stereocenters. The molecule has 0 aromatic carbocycles. The van der Waals surface area contributed by atoms with Gasteiger partial charge in [0, 0.05) is 13.6 Å². The third-order valence-electron chi connectivity index (χ3n) is 2.03. The minimum absolute atomic E-state index is 0.731. The number of pyridine rings is 1. The smallest absolute Gasteiger partial charge is 0.128 e. The van der Waals surface area contributed by atoms with Gasteiger partial charge in [-0.3, -0.25) is 0 Å². The fourth-order valence-corrected chi connectivity index (χ4v) is 1.16. The highest BCUT2D eigenvalue weighted by molar-refractivity contribution is 5.44. The summed E-state index contributed by atoms with van der Waals surface area (Å²) in [5, 5.41) is 6.32. The Morgan fingerprint density at radius 2 is 2.00 bits per heavy atom. The predicted octanol–water partition coefficient (Wildman–Crippen LogP) is 2.58. The SMILES string of the molecule is CNc1cccc(NCCC(C)C)n1. The van der Waals surface area contributed by atoms with Crippen molar-refractivity contribution in [1.82, 2.24) is 4.98 Å². The standard InChI is InChI=1S/C11H19N3/c1-9(2)7-8-13-11-6-4-5-10(12-3)14-11/h4-6,9H,7-8H2,1-3H3,(H2,12,13,14). The molecule has 0 saturated heterocycles. The zero-order valence-corrected chi connectivity index (χ0v) is 9.17. The van der Waals surface area contributed by atoms with E-state index in [-0.39, 0.29) is 0 Å². The van der Waals surface area contributed by atoms with Crippen molar-refractivity contribution in [3.63, 3.8) is 0 Å². The molecule has 1 aromatic rings. The van der Waals surface area contributed by atoms with Crippen LogP contribution in [0.15, 0.2) is 18.2 Å². The van der Waals surface area contributed by atoms with E-state index in [1.54, 1.807) is 0 Å². The van der Waals surface area contributed by atoms with Gasteiger partial charge in [0.15, 0.2) is 0 Å². The number of nitrogens with one attached hydrogen (secondary N) is 2. The second-order valence-electron chi connectivity index (χ2n) is 3.77. The van der Waals surface area contributed by atoms with Gasteiger partial charge in [0.05, 0.1) is 0 Å². The second-order valence-corrected chi connectivity index (χ2v) is 3.77. The molecule has 0 fully saturated rings. The predicted molar refractivity (Wildman–Crippen MR) is 61.7 cm³/mol. The molecule has 1 rings (SSSR count). The zero-order chi connectivity index (χ0) is 10.4. The van der Waals surface area contributed by atoms with Crippen LogP contribution in [0, 0.1) is 5.92 Å². The second kappa shape index (κ2) is 5.47. The largest absolute Gasteiger partial charge is 0.373 e. The maximum absolute atomic E-state index is 4.37. The van der Waals surface area contributed by atoms with Crippen LogP contribution < -0.4 is 10.6 Å². The lowest BCUT2D eigenvalue weighted by Gasteiger charge is -2.08. The van der Waals surface area contributed by atoms with Crippen LogP contribution in [-0.4, -0.2) is 18.6 Å². The molecule has 0 amide bonds. The van der Waals surface area contributed by atoms with Crippen LogP contribution >= 0.6 is 0 Å². The van der Waals surface area contributed by atoms with E-state index in [1.807, 2.05) is 25.2 Å². The van der Waals surface area contributed by atoms with Crippen molar-refractivity contribution in [2.24, 2.45) is 5.92 Å². The fourth-order valence-electron chi connectivity index (χ4n) is 1.16. The molecule has 0 bridgehead atoms. The van der Waals surface area contributed by atoms with Crippen LogP contribution in [-0.2, 0) is 0 Å². The highest BCUT2D eigenvalue weighted by Crippen LogP contribution is 2.08. The number of hydrogen-bond donors (Lipinski definition) is 2. The summed E-state index contributed by atoms with van der Waals surface area (Å²) in [5.41, 5.74) is 0. The van der Waals surface area contributed by atoms with Crippen molar-refractivity contribution in [1.29, 1.82) is 0 Å². The number of rotatable bonds is 5. The lowest BCUT2D eigenvalue weighted by atomic mass is 10.1. The first-order valence-electron chi connectivity index (χ1n) is 5.11. The van der Waals surface area contributed by atoms with E-state index in [1.165, 1.54) is 6.42 Å². The van der Waals surface area contributed by atoms with Gasteiger partial charge in [0.25, 0.3) is 0 Å². The minimum Gasteiger partial charge on any atom is -0.373 e. The number of aromatic nitrogens is 1. The van der Waals surface area contributed by atoms with E-state index in [0.717, 1.165) is 24.1 Å². The zero-order valence-electron chi connectivity index (χ0n) is 9.17. The Labute approximate surface area is 85.9 Å². The lowest BCUT2D eigenvalue weighted by Crippen LogP contribution is -2.06. The third-order valence-corrected chi connectivity index (χ3v) is 2.03. The molecule has 0 spiro atoms. The van der Waals surface area contributed by atoms with Gasteiger partial charge < -0.3 is 10.6 Å². The van der Waals surface area contributed by atoms with E-state index in [0.29, 0.717) is 0 Å². The lowest BCUT2D eigenvalue weighted by molar-refractivity contribution is 0.606. The van der Waals surface area contributed by atoms with Crippen molar-refractivity contribution in [2.45, 2.75) is 20.3 Å². The van der Waals surface area contributed by atoms with Crippen LogP contribution in [0.2, 0.25) is 0 Å². The van der Waals surface area contributed by atoms with Crippen LogP contribution in [0.1, 0.15) is 20.3 Å². The molecule has 0 atom stereocenters. The van der Waals surface area contributed by atoms with Crippen LogP contribution in [0.25, 0.3) is 0 Å². The number of anilines is 2. The molecule has 0 aliphatic heterocycles. The first-order chi connectivity index (χ1) is 6.72. The highest BCUT2D eigenvalue weighted by atomic mass is 15.0. The summed E-state index contributed by atoms with van der Waals surface area (Å²) in [5.74, 6) is 2.58. The molecular weight excluding hydrogens is 174 g/mol. The van der Waals surface area contributed by atoms with Gasteiger partial charge in [-0.05, 0) is 24.5 Å². The molecule has 3 heteroatoms. The van der Waals surface area contributed by atoms with Gasteiger partial charge in [-0.2, -0.15) is 0 Å². The Morgan fingerprint density at radius 3 is 2.64 bits per heavy atom. The summed E-state index contributed by atoms with van der Waals surface area (Å²) >= 11 is 0. The molecule has 0 aliphatic rings. The maximum atomic E-state index is 4.37. The van der Waals surface area contributed by atoms with E-state index in [2.05, 4.69) is 29.5 Å². The molecule has 0 radical (unpaired) electrons. The molecule has 2 N–H and O–H groups in total. The third kappa shape index (κ3) is 3.64. The monoisotopic (exact) mass is 193 g/mol. The van der Waals surface area contributed by atoms with Gasteiger partial charge >= 0.3 is 0 Å². The van der Waals surface area contributed by atoms with E-state index < -0.39 is 0 Å². The molecular formula is C11H19N3. The van der Waals surface area contributed by atoms with Crippen LogP contribution in [0.5, 0.6) is 0 Å². The highest BCUT2D eigenvalue weighted by Gasteiger charge is 1.96. The summed E-state index contributed by atoms with van der Waals surface area (Å²) in [7, 11) is 1.88. The summed E-state index contributed by atoms with van der Waals surface area (Å²) < 4.78 is 0. The van der Waals surface area contributed by atoms with E-state index >= 15 is 0 Å². The van der Waals surface area contributed by atoms with Crippen molar-refractivity contribution in [3.8, 4) is 0 Å². The minimum atomic E-state index is 0.731. The molecule has 1 heterocycles. The summed E-state index contributed by atoms with van der Waals surface area (Å²) in [4.78, 5) is 4.37. The van der Waals surface area contributed by atoms with Crippen LogP contribution in [0.4, 0.5) is 11.6 Å². The molecule has 78 valence electrons. The van der Waals surface area contributed by atoms with E-state index in [9.17, 15) is 0 Å². The van der Waals surface area contributed by atoms with E-state index in [4.69, 9.17) is 0 Å². The van der Waals surface area contributed by atoms with Gasteiger partial charge in [-0.15, -0.1) is 0 Å². The molecule has 0 saturated carbocycles. The fraction of sp³-hybridized carbons (Fsp3) is 0.545. The van der Waals surface area contributed by atoms with Crippen molar-refractivity contribution >= 4 is 11.6 Å². The van der Waals surface area contributed by atoms with Crippen molar-refractivity contribution in [3.05, 3.63) is 18.2 Å². The topological polar surface area (TPSA) is 37.0 Å². The van der Waals surface area contributed by atoms with Crippen molar-refractivity contribution < 1.29 is 0 Å². The Kier molecular flexibility index (Phi) is 4.23. The maximum Gasteiger partial charge on any atom is 0.128 e. The average molecular weight is 193 g/mol. The Balaban J connectivity index is 2.42. The Morgan fingerprint density at radius 1 is 1.29 bits per heavy atom. The Bertz CT molecular complexity index is 271. The Hall–Kier alpha value is -1.25. The molecule has 0 aliphatic carbocycles. The molecule has 14 heavy (non-hydrogen) atoms. The summed E-state index contributed by atoms with van der Waals surface area (Å²) in [6.45, 7) is 5.43. The number of hydrogen-bond acceptors (Lipinski definition) is 3. The number of nitrogens with zero attached hydrogens (tertiary/aromatic N) is 1. The van der Waals surface area contributed by atoms with Crippen LogP contribution in [0.3, 0.4) is 0 Å². The van der Waals surface area contributed by atoms with Crippen molar-refractivity contribution in [2.75, 3.05) is 24.2 Å². The molecule has 3 nitrogen and oxygen atoms in total. The molecule has 1 aromatic heterocycles. The average Bonchev–Trinajstić information content (AvgIpc) is 2.18. The first kappa shape index (κ1) is 10.8. The van der Waals surface area contributed by atoms with Gasteiger partial charge in [0.1, 0.15) is 11.6 Å².